The van der Waals surface area contributed by atoms with Crippen LogP contribution in [0, 0.1) is 0 Å². The molecule has 1 N–H and O–H groups in total. The Morgan fingerprint density at radius 1 is 0.879 bits per heavy atom. The number of benzene rings is 3. The number of hydrogen-bond donors (Lipinski definition) is 1. The summed E-state index contributed by atoms with van der Waals surface area (Å²) in [7, 11) is 3.12. The average Bonchev–Trinajstić information content (AvgIpc) is 3.32. The summed E-state index contributed by atoms with van der Waals surface area (Å²) < 4.78 is 18.8. The van der Waals surface area contributed by atoms with E-state index in [1.54, 1.807) is 68.8 Å². The van der Waals surface area contributed by atoms with Gasteiger partial charge in [-0.1, -0.05) is 18.2 Å². The summed E-state index contributed by atoms with van der Waals surface area (Å²) in [4.78, 5) is 26.2. The zero-order valence-electron chi connectivity index (χ0n) is 18.1. The summed E-state index contributed by atoms with van der Waals surface area (Å²) in [5.74, 6) is -0.0625. The van der Waals surface area contributed by atoms with Gasteiger partial charge in [0.15, 0.2) is 5.78 Å². The Balaban J connectivity index is 1.78. The molecule has 0 radical (unpaired) electrons. The van der Waals surface area contributed by atoms with Gasteiger partial charge in [-0.25, -0.2) is 0 Å². The van der Waals surface area contributed by atoms with Gasteiger partial charge >= 0.3 is 5.97 Å². The van der Waals surface area contributed by atoms with Crippen molar-refractivity contribution in [1.82, 2.24) is 8.75 Å². The molecule has 8 heteroatoms. The normalized spacial score (nSPS) is 12.8. The number of rotatable bonds is 9. The fourth-order valence-electron chi connectivity index (χ4n) is 3.87. The quantitative estimate of drug-likeness (QED) is 0.365. The predicted octanol–water partition coefficient (Wildman–Crippen LogP) is 4.55. The maximum atomic E-state index is 13.3. The minimum Gasteiger partial charge on any atom is -0.497 e. The SMILES string of the molecule is COc1ccc(CC(CC(=O)c2ccc(OC)cc2)(C(=O)O)c2ccc3nsnc3c2)cc1. The fourth-order valence-corrected chi connectivity index (χ4v) is 4.38. The molecule has 0 aliphatic heterocycles. The van der Waals surface area contributed by atoms with Gasteiger partial charge in [0.2, 0.25) is 0 Å². The van der Waals surface area contributed by atoms with E-state index in [9.17, 15) is 14.7 Å². The molecule has 0 aliphatic carbocycles. The number of aromatic nitrogens is 2. The number of aliphatic carboxylic acids is 1. The highest BCUT2D eigenvalue weighted by Gasteiger charge is 2.43. The molecule has 0 amide bonds. The number of hydrogen-bond acceptors (Lipinski definition) is 7. The topological polar surface area (TPSA) is 98.6 Å². The lowest BCUT2D eigenvalue weighted by atomic mass is 9.71. The van der Waals surface area contributed by atoms with E-state index >= 15 is 0 Å². The van der Waals surface area contributed by atoms with Crippen LogP contribution >= 0.6 is 11.7 Å². The first-order valence-electron chi connectivity index (χ1n) is 10.2. The van der Waals surface area contributed by atoms with Gasteiger partial charge in [0.1, 0.15) is 27.9 Å². The molecular formula is C25H22N2O5S. The molecule has 168 valence electrons. The van der Waals surface area contributed by atoms with Gasteiger partial charge in [-0.3, -0.25) is 9.59 Å². The Bertz CT molecular complexity index is 1280. The van der Waals surface area contributed by atoms with E-state index in [4.69, 9.17) is 9.47 Å². The first kappa shape index (κ1) is 22.4. The van der Waals surface area contributed by atoms with E-state index in [-0.39, 0.29) is 18.6 Å². The van der Waals surface area contributed by atoms with Gasteiger partial charge in [0.25, 0.3) is 0 Å². The van der Waals surface area contributed by atoms with E-state index in [1.165, 1.54) is 0 Å². The van der Waals surface area contributed by atoms with Crippen LogP contribution in [0.2, 0.25) is 0 Å². The molecule has 0 saturated heterocycles. The fraction of sp³-hybridized carbons (Fsp3) is 0.200. The molecule has 33 heavy (non-hydrogen) atoms. The van der Waals surface area contributed by atoms with Gasteiger partial charge in [-0.05, 0) is 66.1 Å². The van der Waals surface area contributed by atoms with Gasteiger partial charge in [-0.15, -0.1) is 0 Å². The lowest BCUT2D eigenvalue weighted by Crippen LogP contribution is -2.40. The smallest absolute Gasteiger partial charge is 0.314 e. The number of ketones is 1. The zero-order valence-corrected chi connectivity index (χ0v) is 19.0. The van der Waals surface area contributed by atoms with Crippen molar-refractivity contribution in [1.29, 1.82) is 0 Å². The maximum Gasteiger partial charge on any atom is 0.314 e. The van der Waals surface area contributed by atoms with Crippen molar-refractivity contribution in [3.05, 3.63) is 83.4 Å². The summed E-state index contributed by atoms with van der Waals surface area (Å²) in [6.07, 6.45) is -0.0962. The number of carbonyl (C=O) groups excluding carboxylic acids is 1. The van der Waals surface area contributed by atoms with Crippen LogP contribution in [0.25, 0.3) is 11.0 Å². The number of carboxylic acid groups (broad SMARTS) is 1. The predicted molar refractivity (Wildman–Crippen MR) is 125 cm³/mol. The molecule has 0 saturated carbocycles. The highest BCUT2D eigenvalue weighted by molar-refractivity contribution is 7.00. The molecule has 3 aromatic carbocycles. The third-order valence-electron chi connectivity index (χ3n) is 5.76. The van der Waals surface area contributed by atoms with Crippen LogP contribution in [0.3, 0.4) is 0 Å². The first-order chi connectivity index (χ1) is 15.9. The van der Waals surface area contributed by atoms with Crippen LogP contribution in [-0.2, 0) is 16.6 Å². The number of carboxylic acids is 1. The Kier molecular flexibility index (Phi) is 6.37. The van der Waals surface area contributed by atoms with Crippen LogP contribution in [0.1, 0.15) is 27.9 Å². The molecule has 0 aliphatic rings. The second-order valence-electron chi connectivity index (χ2n) is 7.71. The van der Waals surface area contributed by atoms with Gasteiger partial charge in [0.05, 0.1) is 25.9 Å². The Hall–Kier alpha value is -3.78. The van der Waals surface area contributed by atoms with Crippen molar-refractivity contribution in [3.8, 4) is 11.5 Å². The standard InChI is InChI=1S/C25H22N2O5S/c1-31-19-8-3-16(4-9-19)14-25(24(29)30,18-7-12-21-22(13-18)27-33-26-21)15-23(28)17-5-10-20(32-2)11-6-17/h3-13H,14-15H2,1-2H3,(H,29,30). The van der Waals surface area contributed by atoms with Crippen molar-refractivity contribution in [3.63, 3.8) is 0 Å². The van der Waals surface area contributed by atoms with Crippen molar-refractivity contribution in [2.24, 2.45) is 0 Å². The highest BCUT2D eigenvalue weighted by atomic mass is 32.1. The number of Topliss-reactive ketones (excluding diaryl/α,β-unsaturated/α-hetero) is 1. The number of nitrogens with zero attached hydrogens (tertiary/aromatic N) is 2. The minimum absolute atomic E-state index is 0.122. The molecule has 1 unspecified atom stereocenters. The third-order valence-corrected chi connectivity index (χ3v) is 6.31. The monoisotopic (exact) mass is 462 g/mol. The van der Waals surface area contributed by atoms with Crippen molar-refractivity contribution < 1.29 is 24.2 Å². The van der Waals surface area contributed by atoms with Crippen LogP contribution < -0.4 is 9.47 Å². The maximum absolute atomic E-state index is 13.3. The van der Waals surface area contributed by atoms with Crippen LogP contribution in [-0.4, -0.2) is 39.8 Å². The lowest BCUT2D eigenvalue weighted by molar-refractivity contribution is -0.143. The number of ether oxygens (including phenoxy) is 2. The summed E-state index contributed by atoms with van der Waals surface area (Å²) in [6.45, 7) is 0. The van der Waals surface area contributed by atoms with E-state index < -0.39 is 11.4 Å². The Morgan fingerprint density at radius 2 is 1.48 bits per heavy atom. The van der Waals surface area contributed by atoms with E-state index in [2.05, 4.69) is 8.75 Å². The van der Waals surface area contributed by atoms with Crippen LogP contribution in [0.4, 0.5) is 0 Å². The zero-order chi connectivity index (χ0) is 23.4. The third kappa shape index (κ3) is 4.56. The molecular weight excluding hydrogens is 440 g/mol. The number of fused-ring (bicyclic) bond motifs is 1. The van der Waals surface area contributed by atoms with Crippen LogP contribution in [0.5, 0.6) is 11.5 Å². The van der Waals surface area contributed by atoms with E-state index in [0.717, 1.165) is 17.3 Å². The van der Waals surface area contributed by atoms with Gasteiger partial charge in [0, 0.05) is 12.0 Å². The van der Waals surface area contributed by atoms with E-state index in [1.807, 2.05) is 12.1 Å². The molecule has 1 atom stereocenters. The highest BCUT2D eigenvalue weighted by Crippen LogP contribution is 2.36. The molecule has 4 rings (SSSR count). The Labute approximate surface area is 194 Å². The summed E-state index contributed by atoms with van der Waals surface area (Å²) in [5, 5.41) is 10.5. The second-order valence-corrected chi connectivity index (χ2v) is 8.24. The van der Waals surface area contributed by atoms with Crippen LogP contribution in [0.15, 0.2) is 66.7 Å². The van der Waals surface area contributed by atoms with Gasteiger partial charge < -0.3 is 14.6 Å². The number of methoxy groups -OCH3 is 2. The Morgan fingerprint density at radius 3 is 2.09 bits per heavy atom. The first-order valence-corrected chi connectivity index (χ1v) is 10.9. The summed E-state index contributed by atoms with van der Waals surface area (Å²) in [6, 6.07) is 19.1. The second kappa shape index (κ2) is 9.38. The minimum atomic E-state index is -1.50. The van der Waals surface area contributed by atoms with Gasteiger partial charge in [-0.2, -0.15) is 8.75 Å². The molecule has 0 fully saturated rings. The largest absolute Gasteiger partial charge is 0.497 e. The van der Waals surface area contributed by atoms with Crippen molar-refractivity contribution in [2.75, 3.05) is 14.2 Å². The molecule has 1 heterocycles. The summed E-state index contributed by atoms with van der Waals surface area (Å²) in [5.41, 5.74) is 1.50. The lowest BCUT2D eigenvalue weighted by Gasteiger charge is -2.30. The number of carbonyl (C=O) groups is 2. The summed E-state index contributed by atoms with van der Waals surface area (Å²) >= 11 is 1.06. The average molecular weight is 463 g/mol. The molecule has 1 aromatic heterocycles. The molecule has 4 aromatic rings. The van der Waals surface area contributed by atoms with Crippen molar-refractivity contribution >= 4 is 34.5 Å². The molecule has 0 spiro atoms. The van der Waals surface area contributed by atoms with Crippen molar-refractivity contribution in [2.45, 2.75) is 18.3 Å². The molecule has 7 nitrogen and oxygen atoms in total. The van der Waals surface area contributed by atoms with E-state index in [0.29, 0.717) is 33.7 Å². The molecule has 0 bridgehead atoms.